The second-order valence-corrected chi connectivity index (χ2v) is 8.29. The topological polar surface area (TPSA) is 46.5 Å². The minimum Gasteiger partial charge on any atom is -0.392 e. The lowest BCUT2D eigenvalue weighted by Gasteiger charge is -2.58. The number of hydrogen-bond acceptors (Lipinski definition) is 3. The minimum atomic E-state index is -0.631. The maximum Gasteiger partial charge on any atom is 0.125 e. The van der Waals surface area contributed by atoms with Crippen molar-refractivity contribution in [2.75, 3.05) is 0 Å². The molecule has 0 amide bonds. The highest BCUT2D eigenvalue weighted by Gasteiger charge is 2.57. The van der Waals surface area contributed by atoms with Crippen molar-refractivity contribution in [2.45, 2.75) is 64.8 Å². The first-order valence-corrected chi connectivity index (χ1v) is 8.69. The van der Waals surface area contributed by atoms with Crippen LogP contribution in [0.5, 0.6) is 0 Å². The summed E-state index contributed by atoms with van der Waals surface area (Å²) < 4.78 is 6.50. The van der Waals surface area contributed by atoms with Crippen molar-refractivity contribution in [3.63, 3.8) is 0 Å². The third kappa shape index (κ3) is 2.97. The second kappa shape index (κ2) is 6.03. The van der Waals surface area contributed by atoms with E-state index in [2.05, 4.69) is 31.2 Å². The molecule has 126 valence electrons. The molecule has 3 nitrogen and oxygen atoms in total. The van der Waals surface area contributed by atoms with Crippen LogP contribution in [0.2, 0.25) is 0 Å². The third-order valence-corrected chi connectivity index (χ3v) is 6.03. The van der Waals surface area contributed by atoms with Crippen molar-refractivity contribution in [1.29, 1.82) is 0 Å². The summed E-state index contributed by atoms with van der Waals surface area (Å²) in [5, 5.41) is 10.6. The maximum absolute atomic E-state index is 11.4. The number of benzene rings is 1. The van der Waals surface area contributed by atoms with E-state index in [1.54, 1.807) is 0 Å². The van der Waals surface area contributed by atoms with Crippen LogP contribution in [0, 0.1) is 16.7 Å². The minimum absolute atomic E-state index is 0.0105. The number of carbonyl (C=O) groups is 1. The highest BCUT2D eigenvalue weighted by atomic mass is 16.5. The van der Waals surface area contributed by atoms with Gasteiger partial charge in [0.15, 0.2) is 0 Å². The normalized spacial score (nSPS) is 39.5. The first kappa shape index (κ1) is 16.7. The molecular weight excluding hydrogens is 288 g/mol. The Morgan fingerprint density at radius 3 is 2.61 bits per heavy atom. The summed E-state index contributed by atoms with van der Waals surface area (Å²) in [5.41, 5.74) is 0.858. The molecule has 1 heterocycles. The van der Waals surface area contributed by atoms with Crippen molar-refractivity contribution in [2.24, 2.45) is 16.7 Å². The number of aliphatic hydroxyl groups excluding tert-OH is 1. The molecule has 5 atom stereocenters. The van der Waals surface area contributed by atoms with Gasteiger partial charge in [0.2, 0.25) is 0 Å². The summed E-state index contributed by atoms with van der Waals surface area (Å²) in [6, 6.07) is 10.4. The molecule has 0 bridgehead atoms. The van der Waals surface area contributed by atoms with E-state index in [9.17, 15) is 9.90 Å². The number of hydrogen-bond donors (Lipinski definition) is 1. The van der Waals surface area contributed by atoms with Crippen LogP contribution in [-0.2, 0) is 16.0 Å². The number of aliphatic hydroxyl groups is 1. The Morgan fingerprint density at radius 1 is 1.26 bits per heavy atom. The summed E-state index contributed by atoms with van der Waals surface area (Å²) in [6.45, 7) is 6.31. The Balaban J connectivity index is 1.79. The van der Waals surface area contributed by atoms with Crippen molar-refractivity contribution >= 4 is 6.29 Å². The van der Waals surface area contributed by atoms with Crippen LogP contribution in [0.3, 0.4) is 0 Å². The standard InChI is InChI=1S/C20H28O3/c1-19(2)17(22)15(13-21)12-20(3)10-9-16(23-18(19)20)11-14-7-5-4-6-8-14/h4-8,13,15-18,22H,9-12H2,1-3H3/t15?,16-,17?,18+,20+/m1/s1. The maximum atomic E-state index is 11.4. The molecule has 1 aromatic carbocycles. The fourth-order valence-corrected chi connectivity index (χ4v) is 4.84. The van der Waals surface area contributed by atoms with E-state index in [1.165, 1.54) is 5.56 Å². The second-order valence-electron chi connectivity index (χ2n) is 8.29. The van der Waals surface area contributed by atoms with Gasteiger partial charge in [-0.1, -0.05) is 51.1 Å². The highest BCUT2D eigenvalue weighted by molar-refractivity contribution is 5.55. The number of ether oxygens (including phenoxy) is 1. The molecule has 0 aromatic heterocycles. The van der Waals surface area contributed by atoms with Gasteiger partial charge < -0.3 is 14.6 Å². The highest BCUT2D eigenvalue weighted by Crippen LogP contribution is 2.55. The summed E-state index contributed by atoms with van der Waals surface area (Å²) in [5.74, 6) is -0.277. The summed E-state index contributed by atoms with van der Waals surface area (Å²) in [7, 11) is 0. The van der Waals surface area contributed by atoms with E-state index >= 15 is 0 Å². The predicted octanol–water partition coefficient (Wildman–Crippen LogP) is 3.39. The Morgan fingerprint density at radius 2 is 1.96 bits per heavy atom. The van der Waals surface area contributed by atoms with Gasteiger partial charge >= 0.3 is 0 Å². The molecule has 2 unspecified atom stereocenters. The number of aldehydes is 1. The number of rotatable bonds is 3. The van der Waals surface area contributed by atoms with Gasteiger partial charge in [0.1, 0.15) is 6.29 Å². The molecule has 3 rings (SSSR count). The van der Waals surface area contributed by atoms with Crippen molar-refractivity contribution in [3.8, 4) is 0 Å². The van der Waals surface area contributed by atoms with Gasteiger partial charge in [-0.2, -0.15) is 0 Å². The fraction of sp³-hybridized carbons (Fsp3) is 0.650. The monoisotopic (exact) mass is 316 g/mol. The van der Waals surface area contributed by atoms with Gasteiger partial charge in [-0.25, -0.2) is 0 Å². The summed E-state index contributed by atoms with van der Waals surface area (Å²) in [4.78, 5) is 11.4. The lowest BCUT2D eigenvalue weighted by atomic mass is 9.55. The first-order valence-electron chi connectivity index (χ1n) is 8.69. The lowest BCUT2D eigenvalue weighted by molar-refractivity contribution is -0.232. The van der Waals surface area contributed by atoms with E-state index in [1.807, 2.05) is 19.9 Å². The zero-order valence-electron chi connectivity index (χ0n) is 14.4. The van der Waals surface area contributed by atoms with Crippen LogP contribution in [0.25, 0.3) is 0 Å². The first-order chi connectivity index (χ1) is 10.9. The molecule has 1 aliphatic heterocycles. The molecule has 1 N–H and O–H groups in total. The third-order valence-electron chi connectivity index (χ3n) is 6.03. The molecule has 1 aliphatic carbocycles. The molecular formula is C20H28O3. The van der Waals surface area contributed by atoms with E-state index < -0.39 is 11.5 Å². The SMILES string of the molecule is CC1(C)C(O)C(C=O)C[C@]2(C)CC[C@H](Cc3ccccc3)O[C@@H]12. The Bertz CT molecular complexity index is 549. The van der Waals surface area contributed by atoms with Gasteiger partial charge in [0.05, 0.1) is 18.3 Å². The van der Waals surface area contributed by atoms with E-state index in [0.717, 1.165) is 32.0 Å². The smallest absolute Gasteiger partial charge is 0.125 e. The van der Waals surface area contributed by atoms with Crippen LogP contribution in [0.15, 0.2) is 30.3 Å². The molecule has 0 radical (unpaired) electrons. The summed E-state index contributed by atoms with van der Waals surface area (Å²) in [6.07, 6.45) is 4.19. The largest absolute Gasteiger partial charge is 0.392 e. The van der Waals surface area contributed by atoms with Gasteiger partial charge in [-0.15, -0.1) is 0 Å². The van der Waals surface area contributed by atoms with Gasteiger partial charge in [-0.3, -0.25) is 0 Å². The van der Waals surface area contributed by atoms with E-state index in [-0.39, 0.29) is 23.5 Å². The molecule has 2 fully saturated rings. The van der Waals surface area contributed by atoms with Gasteiger partial charge in [0.25, 0.3) is 0 Å². The van der Waals surface area contributed by atoms with Crippen LogP contribution in [0.4, 0.5) is 0 Å². The van der Waals surface area contributed by atoms with Crippen LogP contribution in [0.1, 0.15) is 45.6 Å². The van der Waals surface area contributed by atoms with Crippen LogP contribution in [-0.4, -0.2) is 29.7 Å². The summed E-state index contributed by atoms with van der Waals surface area (Å²) >= 11 is 0. The van der Waals surface area contributed by atoms with E-state index in [0.29, 0.717) is 0 Å². The fourth-order valence-electron chi connectivity index (χ4n) is 4.84. The number of carbonyl (C=O) groups excluding carboxylic acids is 1. The molecule has 23 heavy (non-hydrogen) atoms. The average Bonchev–Trinajstić information content (AvgIpc) is 2.54. The van der Waals surface area contributed by atoms with Crippen LogP contribution < -0.4 is 0 Å². The Kier molecular flexibility index (Phi) is 4.37. The molecule has 1 saturated heterocycles. The van der Waals surface area contributed by atoms with Crippen molar-refractivity contribution < 1.29 is 14.6 Å². The quantitative estimate of drug-likeness (QED) is 0.870. The molecule has 1 aromatic rings. The number of fused-ring (bicyclic) bond motifs is 1. The zero-order valence-corrected chi connectivity index (χ0v) is 14.4. The van der Waals surface area contributed by atoms with Crippen LogP contribution >= 0.6 is 0 Å². The van der Waals surface area contributed by atoms with Crippen molar-refractivity contribution in [1.82, 2.24) is 0 Å². The van der Waals surface area contributed by atoms with Crippen molar-refractivity contribution in [3.05, 3.63) is 35.9 Å². The molecule has 1 saturated carbocycles. The zero-order chi connectivity index (χ0) is 16.7. The Labute approximate surface area is 139 Å². The molecule has 0 spiro atoms. The van der Waals surface area contributed by atoms with E-state index in [4.69, 9.17) is 4.74 Å². The van der Waals surface area contributed by atoms with Gasteiger partial charge in [0, 0.05) is 11.3 Å². The lowest BCUT2D eigenvalue weighted by Crippen LogP contribution is -2.61. The Hall–Kier alpha value is -1.19. The molecule has 3 heteroatoms. The van der Waals surface area contributed by atoms with Gasteiger partial charge in [-0.05, 0) is 36.7 Å². The average molecular weight is 316 g/mol. The predicted molar refractivity (Wildman–Crippen MR) is 90.1 cm³/mol. The molecule has 2 aliphatic rings.